The van der Waals surface area contributed by atoms with Crippen LogP contribution in [0.4, 0.5) is 5.82 Å². The molecule has 1 atom stereocenters. The first-order chi connectivity index (χ1) is 13.0. The topological polar surface area (TPSA) is 70.9 Å². The van der Waals surface area contributed by atoms with Crippen molar-refractivity contribution in [2.45, 2.75) is 31.8 Å². The number of anilines is 1. The summed E-state index contributed by atoms with van der Waals surface area (Å²) in [6.45, 7) is 2.10. The molecule has 2 N–H and O–H groups in total. The molecule has 6 heteroatoms. The van der Waals surface area contributed by atoms with E-state index >= 15 is 0 Å². The molecule has 1 unspecified atom stereocenters. The van der Waals surface area contributed by atoms with Crippen LogP contribution in [0.25, 0.3) is 11.4 Å². The number of hydrogen-bond acceptors (Lipinski definition) is 5. The van der Waals surface area contributed by atoms with E-state index in [0.717, 1.165) is 47.5 Å². The molecule has 138 valence electrons. The van der Waals surface area contributed by atoms with Gasteiger partial charge in [0.1, 0.15) is 11.4 Å². The summed E-state index contributed by atoms with van der Waals surface area (Å²) in [5, 5.41) is 14.9. The minimum Gasteiger partial charge on any atom is -0.384 e. The Bertz CT molecular complexity index is 960. The number of aromatic nitrogens is 3. The fourth-order valence-corrected chi connectivity index (χ4v) is 3.58. The number of aliphatic hydroxyl groups is 1. The van der Waals surface area contributed by atoms with Gasteiger partial charge in [0.25, 0.3) is 0 Å². The molecule has 2 heterocycles. The molecule has 0 saturated carbocycles. The van der Waals surface area contributed by atoms with Gasteiger partial charge in [-0.05, 0) is 56.0 Å². The Balaban J connectivity index is 1.63. The number of fused-ring (bicyclic) bond motifs is 1. The Labute approximate surface area is 163 Å². The molecular weight excluding hydrogens is 360 g/mol. The molecule has 0 spiro atoms. The zero-order valence-electron chi connectivity index (χ0n) is 15.1. The van der Waals surface area contributed by atoms with Crippen molar-refractivity contribution in [3.63, 3.8) is 0 Å². The van der Waals surface area contributed by atoms with Crippen molar-refractivity contribution in [2.75, 3.05) is 11.9 Å². The molecular formula is C21H21ClN4O. The SMILES string of the molecule is CC(O)(CNc1nc(-c2ccncc2)nc2c1CCC2)c1cccc(Cl)c1. The van der Waals surface area contributed by atoms with Gasteiger partial charge in [-0.25, -0.2) is 9.97 Å². The summed E-state index contributed by atoms with van der Waals surface area (Å²) >= 11 is 6.08. The molecule has 0 bridgehead atoms. The van der Waals surface area contributed by atoms with Crippen LogP contribution in [0, 0.1) is 0 Å². The average molecular weight is 381 g/mol. The van der Waals surface area contributed by atoms with Crippen molar-refractivity contribution in [3.05, 3.63) is 70.6 Å². The summed E-state index contributed by atoms with van der Waals surface area (Å²) in [5.74, 6) is 1.48. The van der Waals surface area contributed by atoms with Crippen LogP contribution in [-0.4, -0.2) is 26.6 Å². The van der Waals surface area contributed by atoms with Crippen LogP contribution in [0.1, 0.15) is 30.2 Å². The van der Waals surface area contributed by atoms with Gasteiger partial charge in [0, 0.05) is 40.8 Å². The molecule has 27 heavy (non-hydrogen) atoms. The van der Waals surface area contributed by atoms with Gasteiger partial charge in [0.2, 0.25) is 0 Å². The maximum atomic E-state index is 10.9. The molecule has 0 saturated heterocycles. The number of halogens is 1. The molecule has 3 aromatic rings. The van der Waals surface area contributed by atoms with Gasteiger partial charge in [-0.3, -0.25) is 4.98 Å². The summed E-state index contributed by atoms with van der Waals surface area (Å²) in [6.07, 6.45) is 6.46. The third-order valence-corrected chi connectivity index (χ3v) is 5.15. The third-order valence-electron chi connectivity index (χ3n) is 4.92. The van der Waals surface area contributed by atoms with Crippen LogP contribution in [0.2, 0.25) is 5.02 Å². The predicted octanol–water partition coefficient (Wildman–Crippen LogP) is 4.00. The van der Waals surface area contributed by atoms with E-state index in [0.29, 0.717) is 17.4 Å². The van der Waals surface area contributed by atoms with Crippen LogP contribution in [0.5, 0.6) is 0 Å². The van der Waals surface area contributed by atoms with Crippen molar-refractivity contribution in [1.29, 1.82) is 0 Å². The molecule has 5 nitrogen and oxygen atoms in total. The number of rotatable bonds is 5. The molecule has 2 aromatic heterocycles. The second kappa shape index (κ2) is 7.25. The summed E-state index contributed by atoms with van der Waals surface area (Å²) in [5.41, 5.74) is 2.86. The maximum Gasteiger partial charge on any atom is 0.161 e. The Morgan fingerprint density at radius 1 is 1.15 bits per heavy atom. The second-order valence-corrected chi connectivity index (χ2v) is 7.48. The molecule has 1 aliphatic rings. The van der Waals surface area contributed by atoms with Crippen molar-refractivity contribution in [3.8, 4) is 11.4 Å². The van der Waals surface area contributed by atoms with Crippen LogP contribution < -0.4 is 5.32 Å². The van der Waals surface area contributed by atoms with Gasteiger partial charge in [0.05, 0.1) is 0 Å². The number of pyridine rings is 1. The first kappa shape index (κ1) is 17.9. The Morgan fingerprint density at radius 2 is 1.96 bits per heavy atom. The molecule has 1 aromatic carbocycles. The highest BCUT2D eigenvalue weighted by Gasteiger charge is 2.26. The van der Waals surface area contributed by atoms with E-state index in [2.05, 4.69) is 10.3 Å². The molecule has 0 radical (unpaired) electrons. The number of nitrogens with zero attached hydrogens (tertiary/aromatic N) is 3. The van der Waals surface area contributed by atoms with Crippen LogP contribution in [0.15, 0.2) is 48.8 Å². The van der Waals surface area contributed by atoms with E-state index in [9.17, 15) is 5.11 Å². The summed E-state index contributed by atoms with van der Waals surface area (Å²) in [6, 6.07) is 11.1. The van der Waals surface area contributed by atoms with E-state index in [4.69, 9.17) is 21.6 Å². The standard InChI is InChI=1S/C21H21ClN4O/c1-21(27,15-4-2-5-16(22)12-15)13-24-20-17-6-3-7-18(17)25-19(26-20)14-8-10-23-11-9-14/h2,4-5,8-12,27H,3,6-7,13H2,1H3,(H,24,25,26). The number of nitrogens with one attached hydrogen (secondary N) is 1. The van der Waals surface area contributed by atoms with Crippen molar-refractivity contribution < 1.29 is 5.11 Å². The van der Waals surface area contributed by atoms with Crippen molar-refractivity contribution >= 4 is 17.4 Å². The largest absolute Gasteiger partial charge is 0.384 e. The van der Waals surface area contributed by atoms with Gasteiger partial charge in [-0.2, -0.15) is 0 Å². The fraction of sp³-hybridized carbons (Fsp3) is 0.286. The van der Waals surface area contributed by atoms with E-state index in [-0.39, 0.29) is 0 Å². The summed E-state index contributed by atoms with van der Waals surface area (Å²) < 4.78 is 0. The van der Waals surface area contributed by atoms with E-state index in [1.54, 1.807) is 31.5 Å². The quantitative estimate of drug-likeness (QED) is 0.700. The van der Waals surface area contributed by atoms with E-state index < -0.39 is 5.60 Å². The van der Waals surface area contributed by atoms with E-state index in [1.807, 2.05) is 24.3 Å². The molecule has 0 fully saturated rings. The van der Waals surface area contributed by atoms with Gasteiger partial charge in [0.15, 0.2) is 5.82 Å². The highest BCUT2D eigenvalue weighted by Crippen LogP contribution is 2.30. The first-order valence-electron chi connectivity index (χ1n) is 9.05. The summed E-state index contributed by atoms with van der Waals surface area (Å²) in [7, 11) is 0. The fourth-order valence-electron chi connectivity index (χ4n) is 3.39. The van der Waals surface area contributed by atoms with Crippen molar-refractivity contribution in [1.82, 2.24) is 15.0 Å². The number of hydrogen-bond donors (Lipinski definition) is 2. The molecule has 4 rings (SSSR count). The van der Waals surface area contributed by atoms with Gasteiger partial charge in [-0.1, -0.05) is 23.7 Å². The monoisotopic (exact) mass is 380 g/mol. The Hall–Kier alpha value is -2.50. The van der Waals surface area contributed by atoms with Crippen molar-refractivity contribution in [2.24, 2.45) is 0 Å². The highest BCUT2D eigenvalue weighted by atomic mass is 35.5. The van der Waals surface area contributed by atoms with Crippen LogP contribution >= 0.6 is 11.6 Å². The smallest absolute Gasteiger partial charge is 0.161 e. The second-order valence-electron chi connectivity index (χ2n) is 7.05. The lowest BCUT2D eigenvalue weighted by Gasteiger charge is -2.25. The molecule has 0 amide bonds. The number of aryl methyl sites for hydroxylation is 1. The normalized spacial score (nSPS) is 15.2. The first-order valence-corrected chi connectivity index (χ1v) is 9.43. The predicted molar refractivity (Wildman–Crippen MR) is 107 cm³/mol. The minimum atomic E-state index is -1.07. The average Bonchev–Trinajstić information content (AvgIpc) is 3.15. The minimum absolute atomic E-state index is 0.326. The lowest BCUT2D eigenvalue weighted by atomic mass is 9.96. The van der Waals surface area contributed by atoms with Crippen LogP contribution in [-0.2, 0) is 18.4 Å². The van der Waals surface area contributed by atoms with E-state index in [1.165, 1.54) is 0 Å². The van der Waals surface area contributed by atoms with Gasteiger partial charge < -0.3 is 10.4 Å². The number of benzene rings is 1. The maximum absolute atomic E-state index is 10.9. The zero-order valence-corrected chi connectivity index (χ0v) is 15.9. The Morgan fingerprint density at radius 3 is 2.74 bits per heavy atom. The molecule has 1 aliphatic carbocycles. The third kappa shape index (κ3) is 3.80. The lowest BCUT2D eigenvalue weighted by molar-refractivity contribution is 0.0714. The lowest BCUT2D eigenvalue weighted by Crippen LogP contribution is -2.31. The molecule has 0 aliphatic heterocycles. The van der Waals surface area contributed by atoms with Gasteiger partial charge >= 0.3 is 0 Å². The zero-order chi connectivity index (χ0) is 18.9. The van der Waals surface area contributed by atoms with Crippen LogP contribution in [0.3, 0.4) is 0 Å². The summed E-state index contributed by atoms with van der Waals surface area (Å²) in [4.78, 5) is 13.5. The Kier molecular flexibility index (Phi) is 4.81. The van der Waals surface area contributed by atoms with Gasteiger partial charge in [-0.15, -0.1) is 0 Å². The highest BCUT2D eigenvalue weighted by molar-refractivity contribution is 6.30.